The van der Waals surface area contributed by atoms with Gasteiger partial charge in [-0.25, -0.2) is 0 Å². The van der Waals surface area contributed by atoms with Gasteiger partial charge in [0.2, 0.25) is 0 Å². The molecule has 1 aliphatic heterocycles. The second-order valence-corrected chi connectivity index (χ2v) is 7.72. The number of rotatable bonds is 2. The monoisotopic (exact) mass is 250 g/mol. The third-order valence-corrected chi connectivity index (χ3v) is 6.47. The van der Waals surface area contributed by atoms with Crippen molar-refractivity contribution in [2.45, 2.75) is 45.2 Å². The van der Waals surface area contributed by atoms with E-state index < -0.39 is 0 Å². The minimum atomic E-state index is 0.554. The molecule has 0 radical (unpaired) electrons. The maximum atomic E-state index is 4.83. The molecule has 0 saturated heterocycles. The Morgan fingerprint density at radius 2 is 1.94 bits per heavy atom. The van der Waals surface area contributed by atoms with Gasteiger partial charge in [-0.2, -0.15) is 0 Å². The highest BCUT2D eigenvalue weighted by atomic mass is 32.2. The molecule has 17 heavy (non-hydrogen) atoms. The molecule has 0 aromatic heterocycles. The fourth-order valence-electron chi connectivity index (χ4n) is 4.47. The number of aliphatic imine (C=N–C) groups is 1. The van der Waals surface area contributed by atoms with E-state index in [1.807, 2.05) is 11.8 Å². The van der Waals surface area contributed by atoms with Crippen molar-refractivity contribution in [1.82, 2.24) is 5.32 Å². The van der Waals surface area contributed by atoms with E-state index in [4.69, 9.17) is 4.99 Å². The van der Waals surface area contributed by atoms with Crippen LogP contribution in [-0.2, 0) is 0 Å². The van der Waals surface area contributed by atoms with Crippen molar-refractivity contribution >= 4 is 16.9 Å². The molecule has 3 aliphatic carbocycles. The molecule has 0 spiro atoms. The fourth-order valence-corrected chi connectivity index (χ4v) is 5.69. The van der Waals surface area contributed by atoms with Crippen LogP contribution in [-0.4, -0.2) is 23.0 Å². The zero-order chi connectivity index (χ0) is 11.6. The van der Waals surface area contributed by atoms with Crippen molar-refractivity contribution < 1.29 is 0 Å². The molecule has 3 heteroatoms. The lowest BCUT2D eigenvalue weighted by atomic mass is 10.0. The number of nitrogens with one attached hydrogen (secondary N) is 1. The first-order valence-corrected chi connectivity index (χ1v) is 8.19. The Morgan fingerprint density at radius 1 is 1.24 bits per heavy atom. The zero-order valence-electron chi connectivity index (χ0n) is 10.7. The maximum absolute atomic E-state index is 4.83. The summed E-state index contributed by atoms with van der Waals surface area (Å²) in [5, 5.41) is 5.01. The second-order valence-electron chi connectivity index (χ2n) is 6.71. The summed E-state index contributed by atoms with van der Waals surface area (Å²) < 4.78 is 0. The van der Waals surface area contributed by atoms with Gasteiger partial charge in [0.05, 0.1) is 6.04 Å². The molecule has 1 heterocycles. The molecule has 1 N–H and O–H groups in total. The second kappa shape index (κ2) is 3.66. The topological polar surface area (TPSA) is 24.4 Å². The quantitative estimate of drug-likeness (QED) is 0.815. The highest BCUT2D eigenvalue weighted by molar-refractivity contribution is 8.14. The van der Waals surface area contributed by atoms with Gasteiger partial charge in [0.25, 0.3) is 0 Å². The van der Waals surface area contributed by atoms with Gasteiger partial charge in [0, 0.05) is 11.8 Å². The Balaban J connectivity index is 1.39. The van der Waals surface area contributed by atoms with Crippen LogP contribution in [0.2, 0.25) is 0 Å². The van der Waals surface area contributed by atoms with Crippen molar-refractivity contribution in [1.29, 1.82) is 0 Å². The number of hydrogen-bond acceptors (Lipinski definition) is 3. The largest absolute Gasteiger partial charge is 0.362 e. The lowest BCUT2D eigenvalue weighted by molar-refractivity contribution is 0.456. The first-order valence-electron chi connectivity index (χ1n) is 7.21. The molecular formula is C14H22N2S. The molecule has 2 nitrogen and oxygen atoms in total. The van der Waals surface area contributed by atoms with Gasteiger partial charge in [-0.3, -0.25) is 4.99 Å². The molecule has 4 rings (SSSR count). The molecule has 5 unspecified atom stereocenters. The summed E-state index contributed by atoms with van der Waals surface area (Å²) in [4.78, 5) is 4.83. The van der Waals surface area contributed by atoms with Crippen LogP contribution in [0.25, 0.3) is 0 Å². The SMILES string of the molecule is CC(C)C1CSC(NC2C3C4CCC(C4)C23)=N1. The summed E-state index contributed by atoms with van der Waals surface area (Å²) in [6.07, 6.45) is 4.57. The third-order valence-electron chi connectivity index (χ3n) is 5.47. The number of thioether (sulfide) groups is 1. The summed E-state index contributed by atoms with van der Waals surface area (Å²) in [7, 11) is 0. The Morgan fingerprint density at radius 3 is 2.53 bits per heavy atom. The van der Waals surface area contributed by atoms with Crippen molar-refractivity contribution in [2.75, 3.05) is 5.75 Å². The van der Waals surface area contributed by atoms with Crippen LogP contribution in [0.4, 0.5) is 0 Å². The molecule has 0 aromatic carbocycles. The van der Waals surface area contributed by atoms with Crippen molar-refractivity contribution in [3.8, 4) is 0 Å². The Hall–Kier alpha value is -0.180. The summed E-state index contributed by atoms with van der Waals surface area (Å²) in [6, 6.07) is 1.36. The molecule has 2 bridgehead atoms. The summed E-state index contributed by atoms with van der Waals surface area (Å²) in [5.41, 5.74) is 0. The van der Waals surface area contributed by atoms with Crippen LogP contribution in [0.15, 0.2) is 4.99 Å². The smallest absolute Gasteiger partial charge is 0.157 e. The van der Waals surface area contributed by atoms with Crippen LogP contribution in [0.3, 0.4) is 0 Å². The van der Waals surface area contributed by atoms with E-state index in [0.717, 1.165) is 29.7 Å². The van der Waals surface area contributed by atoms with E-state index in [-0.39, 0.29) is 0 Å². The number of fused-ring (bicyclic) bond motifs is 5. The van der Waals surface area contributed by atoms with E-state index in [1.54, 1.807) is 6.42 Å². The standard InChI is InChI=1S/C14H22N2S/c1-7(2)10-6-17-14(15-10)16-13-11-8-3-4-9(5-8)12(11)13/h7-13H,3-6H2,1-2H3,(H,15,16). The van der Waals surface area contributed by atoms with Gasteiger partial charge < -0.3 is 5.32 Å². The molecule has 4 aliphatic rings. The van der Waals surface area contributed by atoms with E-state index >= 15 is 0 Å². The van der Waals surface area contributed by atoms with Crippen molar-refractivity contribution in [3.05, 3.63) is 0 Å². The highest BCUT2D eigenvalue weighted by Gasteiger charge is 2.65. The average Bonchev–Trinajstić information content (AvgIpc) is 2.76. The molecule has 94 valence electrons. The van der Waals surface area contributed by atoms with Crippen LogP contribution < -0.4 is 5.32 Å². The van der Waals surface area contributed by atoms with Crippen molar-refractivity contribution in [2.24, 2.45) is 34.6 Å². The highest BCUT2D eigenvalue weighted by Crippen LogP contribution is 2.65. The van der Waals surface area contributed by atoms with Gasteiger partial charge in [0.1, 0.15) is 0 Å². The molecule has 0 aromatic rings. The number of hydrogen-bond donors (Lipinski definition) is 1. The first kappa shape index (κ1) is 10.7. The fraction of sp³-hybridized carbons (Fsp3) is 0.929. The van der Waals surface area contributed by atoms with E-state index in [1.165, 1.54) is 23.8 Å². The zero-order valence-corrected chi connectivity index (χ0v) is 11.5. The molecule has 3 fully saturated rings. The van der Waals surface area contributed by atoms with Crippen LogP contribution in [0, 0.1) is 29.6 Å². The van der Waals surface area contributed by atoms with Gasteiger partial charge in [0.15, 0.2) is 5.17 Å². The van der Waals surface area contributed by atoms with E-state index in [9.17, 15) is 0 Å². The van der Waals surface area contributed by atoms with Crippen LogP contribution in [0.5, 0.6) is 0 Å². The summed E-state index contributed by atoms with van der Waals surface area (Å²) >= 11 is 1.95. The van der Waals surface area contributed by atoms with Gasteiger partial charge >= 0.3 is 0 Å². The molecule has 3 saturated carbocycles. The average molecular weight is 250 g/mol. The number of amidine groups is 1. The minimum Gasteiger partial charge on any atom is -0.362 e. The first-order chi connectivity index (χ1) is 8.24. The molecular weight excluding hydrogens is 228 g/mol. The van der Waals surface area contributed by atoms with E-state index in [2.05, 4.69) is 19.2 Å². The van der Waals surface area contributed by atoms with Crippen LogP contribution >= 0.6 is 11.8 Å². The lowest BCUT2D eigenvalue weighted by Crippen LogP contribution is -2.27. The van der Waals surface area contributed by atoms with Gasteiger partial charge in [-0.1, -0.05) is 25.6 Å². The Labute approximate surface area is 108 Å². The number of nitrogens with zero attached hydrogens (tertiary/aromatic N) is 1. The summed E-state index contributed by atoms with van der Waals surface area (Å²) in [5.74, 6) is 6.06. The third kappa shape index (κ3) is 1.57. The normalized spacial score (nSPS) is 50.6. The Bertz CT molecular complexity index is 349. The lowest BCUT2D eigenvalue weighted by Gasteiger charge is -2.11. The van der Waals surface area contributed by atoms with E-state index in [0.29, 0.717) is 12.0 Å². The minimum absolute atomic E-state index is 0.554. The maximum Gasteiger partial charge on any atom is 0.157 e. The molecule has 5 atom stereocenters. The van der Waals surface area contributed by atoms with Gasteiger partial charge in [-0.15, -0.1) is 0 Å². The Kier molecular flexibility index (Phi) is 2.31. The van der Waals surface area contributed by atoms with Crippen molar-refractivity contribution in [3.63, 3.8) is 0 Å². The predicted molar refractivity (Wildman–Crippen MR) is 73.3 cm³/mol. The van der Waals surface area contributed by atoms with Gasteiger partial charge in [-0.05, 0) is 48.9 Å². The molecule has 0 amide bonds. The van der Waals surface area contributed by atoms with Crippen LogP contribution in [0.1, 0.15) is 33.1 Å². The predicted octanol–water partition coefficient (Wildman–Crippen LogP) is 2.75. The summed E-state index contributed by atoms with van der Waals surface area (Å²) in [6.45, 7) is 4.56.